The fourth-order valence-corrected chi connectivity index (χ4v) is 3.19. The first kappa shape index (κ1) is 17.4. The molecule has 1 fully saturated rings. The molecule has 1 aliphatic heterocycles. The third kappa shape index (κ3) is 4.15. The third-order valence-corrected chi connectivity index (χ3v) is 4.42. The summed E-state index contributed by atoms with van der Waals surface area (Å²) in [5.74, 6) is -0.629. The quantitative estimate of drug-likeness (QED) is 0.831. The van der Waals surface area contributed by atoms with Crippen molar-refractivity contribution < 1.29 is 9.59 Å². The van der Waals surface area contributed by atoms with Gasteiger partial charge in [0.2, 0.25) is 11.8 Å². The van der Waals surface area contributed by atoms with Crippen LogP contribution in [0.4, 0.5) is 5.69 Å². The minimum Gasteiger partial charge on any atom is -0.368 e. The number of carbonyl (C=O) groups is 2. The number of anilines is 1. The zero-order valence-electron chi connectivity index (χ0n) is 13.6. The van der Waals surface area contributed by atoms with Crippen LogP contribution in [-0.4, -0.2) is 50.6 Å². The molecule has 1 aromatic heterocycles. The highest BCUT2D eigenvalue weighted by atomic mass is 35.5. The molecule has 1 saturated heterocycles. The van der Waals surface area contributed by atoms with E-state index < -0.39 is 11.9 Å². The molecule has 3 N–H and O–H groups in total. The van der Waals surface area contributed by atoms with E-state index >= 15 is 0 Å². The molecule has 25 heavy (non-hydrogen) atoms. The van der Waals surface area contributed by atoms with Crippen LogP contribution in [0.3, 0.4) is 0 Å². The molecule has 0 unspecified atom stereocenters. The lowest BCUT2D eigenvalue weighted by Gasteiger charge is -2.32. The lowest BCUT2D eigenvalue weighted by atomic mass is 10.0. The van der Waals surface area contributed by atoms with Crippen molar-refractivity contribution in [3.8, 4) is 5.69 Å². The molecule has 1 aromatic carbocycles. The van der Waals surface area contributed by atoms with Crippen LogP contribution in [0.25, 0.3) is 5.69 Å². The summed E-state index contributed by atoms with van der Waals surface area (Å²) in [5.41, 5.74) is 6.62. The highest BCUT2D eigenvalue weighted by Crippen LogP contribution is 2.24. The molecule has 2 aromatic rings. The van der Waals surface area contributed by atoms with Crippen LogP contribution < -0.4 is 11.1 Å². The van der Waals surface area contributed by atoms with E-state index in [9.17, 15) is 9.59 Å². The molecule has 0 radical (unpaired) electrons. The molecule has 2 amide bonds. The molecular weight excluding hydrogens is 344 g/mol. The second-order valence-corrected chi connectivity index (χ2v) is 6.37. The van der Waals surface area contributed by atoms with Gasteiger partial charge in [0.15, 0.2) is 0 Å². The number of halogens is 1. The Balaban J connectivity index is 1.75. The third-order valence-electron chi connectivity index (χ3n) is 4.19. The van der Waals surface area contributed by atoms with Crippen LogP contribution in [0.15, 0.2) is 30.9 Å². The molecule has 0 bridgehead atoms. The van der Waals surface area contributed by atoms with E-state index in [-0.39, 0.29) is 12.5 Å². The van der Waals surface area contributed by atoms with Gasteiger partial charge in [-0.3, -0.25) is 14.5 Å². The smallest absolute Gasteiger partial charge is 0.238 e. The zero-order chi connectivity index (χ0) is 17.8. The first-order valence-electron chi connectivity index (χ1n) is 8.02. The Morgan fingerprint density at radius 3 is 2.92 bits per heavy atom. The minimum atomic E-state index is -0.395. The van der Waals surface area contributed by atoms with Crippen molar-refractivity contribution in [1.29, 1.82) is 0 Å². The maximum absolute atomic E-state index is 12.5. The predicted octanol–water partition coefficient (Wildman–Crippen LogP) is 1.20. The first-order chi connectivity index (χ1) is 12.0. The van der Waals surface area contributed by atoms with Gasteiger partial charge >= 0.3 is 0 Å². The Bertz CT molecular complexity index is 764. The molecule has 1 aliphatic rings. The standard InChI is InChI=1S/C16H19ClN6O2/c17-11-4-5-13(23-10-19-9-20-23)12(7-11)21-15(24)8-22-6-2-1-3-14(22)16(18)25/h4-5,7,9-10,14H,1-3,6,8H2,(H2,18,25)(H,21,24)/t14-/m1/s1. The van der Waals surface area contributed by atoms with Gasteiger partial charge in [-0.2, -0.15) is 5.10 Å². The largest absolute Gasteiger partial charge is 0.368 e. The SMILES string of the molecule is NC(=O)[C@H]1CCCCN1CC(=O)Nc1cc(Cl)ccc1-n1cncn1. The van der Waals surface area contributed by atoms with Gasteiger partial charge in [-0.15, -0.1) is 0 Å². The van der Waals surface area contributed by atoms with Gasteiger partial charge in [-0.05, 0) is 37.6 Å². The lowest BCUT2D eigenvalue weighted by Crippen LogP contribution is -2.50. The summed E-state index contributed by atoms with van der Waals surface area (Å²) in [6.07, 6.45) is 5.51. The number of likely N-dealkylation sites (tertiary alicyclic amines) is 1. The Labute approximate surface area is 150 Å². The molecule has 0 spiro atoms. The van der Waals surface area contributed by atoms with E-state index in [0.29, 0.717) is 29.4 Å². The Morgan fingerprint density at radius 2 is 2.20 bits per heavy atom. The van der Waals surface area contributed by atoms with Gasteiger partial charge in [0.25, 0.3) is 0 Å². The Morgan fingerprint density at radius 1 is 1.36 bits per heavy atom. The average molecular weight is 363 g/mol. The number of rotatable bonds is 5. The van der Waals surface area contributed by atoms with Gasteiger partial charge in [0.05, 0.1) is 24.0 Å². The van der Waals surface area contributed by atoms with Crippen LogP contribution in [0.2, 0.25) is 5.02 Å². The van der Waals surface area contributed by atoms with Gasteiger partial charge < -0.3 is 11.1 Å². The van der Waals surface area contributed by atoms with E-state index in [1.54, 1.807) is 22.9 Å². The van der Waals surface area contributed by atoms with E-state index in [0.717, 1.165) is 12.8 Å². The monoisotopic (exact) mass is 362 g/mol. The first-order valence-corrected chi connectivity index (χ1v) is 8.40. The maximum Gasteiger partial charge on any atom is 0.238 e. The molecular formula is C16H19ClN6O2. The van der Waals surface area contributed by atoms with E-state index in [1.165, 1.54) is 12.7 Å². The number of nitrogens with one attached hydrogen (secondary N) is 1. The van der Waals surface area contributed by atoms with Gasteiger partial charge in [-0.1, -0.05) is 18.0 Å². The zero-order valence-corrected chi connectivity index (χ0v) is 14.3. The molecule has 3 rings (SSSR count). The number of hydrogen-bond donors (Lipinski definition) is 2. The number of piperidine rings is 1. The number of aromatic nitrogens is 3. The molecule has 9 heteroatoms. The molecule has 8 nitrogen and oxygen atoms in total. The summed E-state index contributed by atoms with van der Waals surface area (Å²) in [7, 11) is 0. The summed E-state index contributed by atoms with van der Waals surface area (Å²) < 4.78 is 1.54. The van der Waals surface area contributed by atoms with Crippen molar-refractivity contribution in [3.05, 3.63) is 35.9 Å². The summed E-state index contributed by atoms with van der Waals surface area (Å²) in [6.45, 7) is 0.767. The van der Waals surface area contributed by atoms with E-state index in [2.05, 4.69) is 15.4 Å². The normalized spacial score (nSPS) is 18.0. The van der Waals surface area contributed by atoms with Crippen molar-refractivity contribution in [3.63, 3.8) is 0 Å². The van der Waals surface area contributed by atoms with Gasteiger partial charge in [0.1, 0.15) is 12.7 Å². The van der Waals surface area contributed by atoms with Gasteiger partial charge in [-0.25, -0.2) is 9.67 Å². The van der Waals surface area contributed by atoms with Crippen molar-refractivity contribution >= 4 is 29.1 Å². The van der Waals surface area contributed by atoms with Crippen LogP contribution in [0.1, 0.15) is 19.3 Å². The lowest BCUT2D eigenvalue weighted by molar-refractivity contribution is -0.126. The highest BCUT2D eigenvalue weighted by Gasteiger charge is 2.28. The summed E-state index contributed by atoms with van der Waals surface area (Å²) >= 11 is 6.05. The maximum atomic E-state index is 12.5. The molecule has 2 heterocycles. The van der Waals surface area contributed by atoms with Crippen molar-refractivity contribution in [2.45, 2.75) is 25.3 Å². The number of hydrogen-bond acceptors (Lipinski definition) is 5. The second-order valence-electron chi connectivity index (χ2n) is 5.93. The molecule has 0 saturated carbocycles. The van der Waals surface area contributed by atoms with Crippen LogP contribution in [0.5, 0.6) is 0 Å². The fraction of sp³-hybridized carbons (Fsp3) is 0.375. The second kappa shape index (κ2) is 7.62. The predicted molar refractivity (Wildman–Crippen MR) is 93.4 cm³/mol. The van der Waals surface area contributed by atoms with Crippen LogP contribution in [-0.2, 0) is 9.59 Å². The number of primary amides is 1. The van der Waals surface area contributed by atoms with Crippen molar-refractivity contribution in [2.24, 2.45) is 5.73 Å². The summed E-state index contributed by atoms with van der Waals surface area (Å²) in [5, 5.41) is 7.41. The molecule has 132 valence electrons. The topological polar surface area (TPSA) is 106 Å². The average Bonchev–Trinajstić information content (AvgIpc) is 3.09. The van der Waals surface area contributed by atoms with E-state index in [1.807, 2.05) is 4.90 Å². The Hall–Kier alpha value is -2.45. The van der Waals surface area contributed by atoms with Crippen molar-refractivity contribution in [2.75, 3.05) is 18.4 Å². The summed E-state index contributed by atoms with van der Waals surface area (Å²) in [6, 6.07) is 4.72. The van der Waals surface area contributed by atoms with Crippen molar-refractivity contribution in [1.82, 2.24) is 19.7 Å². The van der Waals surface area contributed by atoms with Crippen LogP contribution >= 0.6 is 11.6 Å². The molecule has 0 aliphatic carbocycles. The number of carbonyl (C=O) groups excluding carboxylic acids is 2. The summed E-state index contributed by atoms with van der Waals surface area (Å²) in [4.78, 5) is 29.8. The number of benzene rings is 1. The minimum absolute atomic E-state index is 0.0942. The highest BCUT2D eigenvalue weighted by molar-refractivity contribution is 6.31. The van der Waals surface area contributed by atoms with E-state index in [4.69, 9.17) is 17.3 Å². The molecule has 1 atom stereocenters. The number of nitrogens with zero attached hydrogens (tertiary/aromatic N) is 4. The fourth-order valence-electron chi connectivity index (χ4n) is 3.02. The number of nitrogens with two attached hydrogens (primary N) is 1. The van der Waals surface area contributed by atoms with Crippen LogP contribution in [0, 0.1) is 0 Å². The Kier molecular flexibility index (Phi) is 5.30. The number of amides is 2. The van der Waals surface area contributed by atoms with Gasteiger partial charge in [0, 0.05) is 5.02 Å².